The molecule has 1 aliphatic carbocycles. The number of nitrogens with one attached hydrogen (secondary N) is 1. The minimum atomic E-state index is -0.259. The Morgan fingerprint density at radius 2 is 2.17 bits per heavy atom. The van der Waals surface area contributed by atoms with Crippen LogP contribution in [0.1, 0.15) is 34.3 Å². The Labute approximate surface area is 153 Å². The van der Waals surface area contributed by atoms with Gasteiger partial charge in [-0.2, -0.15) is 0 Å². The van der Waals surface area contributed by atoms with Crippen LogP contribution in [-0.2, 0) is 12.8 Å². The summed E-state index contributed by atoms with van der Waals surface area (Å²) in [5.41, 5.74) is 1.53. The molecule has 1 N–H and O–H groups in total. The molecular formula is C17H19BrN2O3S. The second-order valence-electron chi connectivity index (χ2n) is 5.88. The van der Waals surface area contributed by atoms with Gasteiger partial charge in [-0.15, -0.1) is 11.3 Å². The molecule has 5 nitrogen and oxygen atoms in total. The van der Waals surface area contributed by atoms with Crippen molar-refractivity contribution in [1.82, 2.24) is 4.98 Å². The number of ether oxygens (including phenoxy) is 2. The van der Waals surface area contributed by atoms with Crippen molar-refractivity contribution >= 4 is 38.3 Å². The first kappa shape index (κ1) is 17.2. The molecule has 1 amide bonds. The van der Waals surface area contributed by atoms with Crippen molar-refractivity contribution in [1.29, 1.82) is 0 Å². The van der Waals surface area contributed by atoms with Crippen molar-refractivity contribution in [3.63, 3.8) is 0 Å². The van der Waals surface area contributed by atoms with Crippen molar-refractivity contribution in [2.75, 3.05) is 19.5 Å². The number of nitrogens with zero attached hydrogens (tertiary/aromatic N) is 1. The number of aryl methyl sites for hydroxylation is 1. The van der Waals surface area contributed by atoms with Gasteiger partial charge in [-0.25, -0.2) is 4.98 Å². The van der Waals surface area contributed by atoms with Crippen LogP contribution in [-0.4, -0.2) is 25.1 Å². The molecule has 1 atom stereocenters. The SMILES string of the molecule is COc1cc(Br)c(OC)c(C(=O)Nc2nc3c(s2)CC(C)CC3)c1. The van der Waals surface area contributed by atoms with E-state index in [1.807, 2.05) is 0 Å². The topological polar surface area (TPSA) is 60.5 Å². The summed E-state index contributed by atoms with van der Waals surface area (Å²) in [6, 6.07) is 3.42. The fourth-order valence-corrected chi connectivity index (χ4v) is 4.59. The zero-order valence-corrected chi connectivity index (χ0v) is 16.2. The van der Waals surface area contributed by atoms with E-state index in [1.165, 1.54) is 12.0 Å². The van der Waals surface area contributed by atoms with Gasteiger partial charge in [-0.05, 0) is 53.2 Å². The van der Waals surface area contributed by atoms with Gasteiger partial charge in [0, 0.05) is 4.88 Å². The summed E-state index contributed by atoms with van der Waals surface area (Å²) in [7, 11) is 3.10. The van der Waals surface area contributed by atoms with Gasteiger partial charge >= 0.3 is 0 Å². The Balaban J connectivity index is 1.86. The van der Waals surface area contributed by atoms with Gasteiger partial charge in [0.05, 0.1) is 29.9 Å². The van der Waals surface area contributed by atoms with Gasteiger partial charge < -0.3 is 9.47 Å². The zero-order chi connectivity index (χ0) is 17.3. The van der Waals surface area contributed by atoms with Crippen LogP contribution < -0.4 is 14.8 Å². The largest absolute Gasteiger partial charge is 0.497 e. The number of carbonyl (C=O) groups is 1. The third kappa shape index (κ3) is 3.42. The monoisotopic (exact) mass is 410 g/mol. The van der Waals surface area contributed by atoms with E-state index < -0.39 is 0 Å². The molecule has 0 aliphatic heterocycles. The Morgan fingerprint density at radius 3 is 2.88 bits per heavy atom. The molecule has 24 heavy (non-hydrogen) atoms. The molecule has 1 aliphatic rings. The van der Waals surface area contributed by atoms with Crippen LogP contribution in [0.2, 0.25) is 0 Å². The molecule has 0 bridgehead atoms. The van der Waals surface area contributed by atoms with E-state index in [2.05, 4.69) is 33.2 Å². The molecule has 7 heteroatoms. The van der Waals surface area contributed by atoms with Crippen molar-refractivity contribution in [2.45, 2.75) is 26.2 Å². The predicted molar refractivity (Wildman–Crippen MR) is 98.5 cm³/mol. The van der Waals surface area contributed by atoms with Crippen molar-refractivity contribution in [3.05, 3.63) is 32.7 Å². The van der Waals surface area contributed by atoms with Crippen molar-refractivity contribution in [2.24, 2.45) is 5.92 Å². The quantitative estimate of drug-likeness (QED) is 0.815. The number of thiazole rings is 1. The lowest BCUT2D eigenvalue weighted by molar-refractivity contribution is 0.102. The van der Waals surface area contributed by atoms with Crippen LogP contribution in [0.25, 0.3) is 0 Å². The third-order valence-corrected chi connectivity index (χ3v) is 5.73. The maximum absolute atomic E-state index is 12.7. The molecule has 0 fully saturated rings. The number of halogens is 1. The van der Waals surface area contributed by atoms with Gasteiger partial charge in [0.15, 0.2) is 5.13 Å². The predicted octanol–water partition coefficient (Wildman–Crippen LogP) is 4.30. The number of rotatable bonds is 4. The van der Waals surface area contributed by atoms with Crippen molar-refractivity contribution < 1.29 is 14.3 Å². The summed E-state index contributed by atoms with van der Waals surface area (Å²) in [4.78, 5) is 18.5. The van der Waals surface area contributed by atoms with Crippen LogP contribution in [0.4, 0.5) is 5.13 Å². The highest BCUT2D eigenvalue weighted by molar-refractivity contribution is 9.10. The number of benzene rings is 1. The van der Waals surface area contributed by atoms with E-state index in [4.69, 9.17) is 9.47 Å². The van der Waals surface area contributed by atoms with Gasteiger partial charge in [-0.3, -0.25) is 10.1 Å². The smallest absolute Gasteiger partial charge is 0.261 e. The number of methoxy groups -OCH3 is 2. The summed E-state index contributed by atoms with van der Waals surface area (Å²) in [6.07, 6.45) is 3.18. The highest BCUT2D eigenvalue weighted by Crippen LogP contribution is 2.35. The average Bonchev–Trinajstić information content (AvgIpc) is 2.95. The van der Waals surface area contributed by atoms with E-state index in [1.54, 1.807) is 30.6 Å². The fourth-order valence-electron chi connectivity index (χ4n) is 2.82. The molecule has 1 unspecified atom stereocenters. The number of hydrogen-bond donors (Lipinski definition) is 1. The molecule has 0 spiro atoms. The molecule has 2 aromatic rings. The summed E-state index contributed by atoms with van der Waals surface area (Å²) in [5, 5.41) is 3.53. The summed E-state index contributed by atoms with van der Waals surface area (Å²) >= 11 is 4.97. The number of hydrogen-bond acceptors (Lipinski definition) is 5. The van der Waals surface area contributed by atoms with E-state index in [-0.39, 0.29) is 5.91 Å². The van der Waals surface area contributed by atoms with E-state index in [0.717, 1.165) is 25.0 Å². The molecule has 128 valence electrons. The average molecular weight is 411 g/mol. The Bertz CT molecular complexity index is 775. The normalized spacial score (nSPS) is 16.4. The second kappa shape index (κ2) is 7.11. The first-order chi connectivity index (χ1) is 11.5. The Kier molecular flexibility index (Phi) is 5.10. The summed E-state index contributed by atoms with van der Waals surface area (Å²) in [6.45, 7) is 2.25. The molecular weight excluding hydrogens is 392 g/mol. The highest BCUT2D eigenvalue weighted by atomic mass is 79.9. The van der Waals surface area contributed by atoms with Crippen LogP contribution >= 0.6 is 27.3 Å². The maximum Gasteiger partial charge on any atom is 0.261 e. The lowest BCUT2D eigenvalue weighted by Crippen LogP contribution is -2.13. The molecule has 0 saturated carbocycles. The molecule has 1 aromatic heterocycles. The van der Waals surface area contributed by atoms with Gasteiger partial charge in [0.1, 0.15) is 11.5 Å². The number of amides is 1. The molecule has 0 radical (unpaired) electrons. The van der Waals surface area contributed by atoms with E-state index in [9.17, 15) is 4.79 Å². The molecule has 0 saturated heterocycles. The molecule has 3 rings (SSSR count). The first-order valence-corrected chi connectivity index (χ1v) is 9.34. The third-order valence-electron chi connectivity index (χ3n) is 4.11. The number of carbonyl (C=O) groups excluding carboxylic acids is 1. The lowest BCUT2D eigenvalue weighted by Gasteiger charge is -2.15. The van der Waals surface area contributed by atoms with Gasteiger partial charge in [0.25, 0.3) is 5.91 Å². The highest BCUT2D eigenvalue weighted by Gasteiger charge is 2.22. The second-order valence-corrected chi connectivity index (χ2v) is 7.82. The fraction of sp³-hybridized carbons (Fsp3) is 0.412. The van der Waals surface area contributed by atoms with Crippen LogP contribution in [0.15, 0.2) is 16.6 Å². The van der Waals surface area contributed by atoms with E-state index in [0.29, 0.717) is 32.6 Å². The standard InChI is InChI=1S/C17H19BrN2O3S/c1-9-4-5-13-14(6-9)24-17(19-13)20-16(21)11-7-10(22-2)8-12(18)15(11)23-3/h7-9H,4-6H2,1-3H3,(H,19,20,21). The summed E-state index contributed by atoms with van der Waals surface area (Å²) in [5.74, 6) is 1.48. The Morgan fingerprint density at radius 1 is 1.38 bits per heavy atom. The summed E-state index contributed by atoms with van der Waals surface area (Å²) < 4.78 is 11.3. The number of anilines is 1. The molecule has 1 aromatic carbocycles. The first-order valence-electron chi connectivity index (χ1n) is 7.73. The van der Waals surface area contributed by atoms with Crippen LogP contribution in [0.3, 0.4) is 0 Å². The van der Waals surface area contributed by atoms with Crippen LogP contribution in [0.5, 0.6) is 11.5 Å². The van der Waals surface area contributed by atoms with E-state index >= 15 is 0 Å². The van der Waals surface area contributed by atoms with Gasteiger partial charge in [-0.1, -0.05) is 6.92 Å². The minimum Gasteiger partial charge on any atom is -0.497 e. The van der Waals surface area contributed by atoms with Gasteiger partial charge in [0.2, 0.25) is 0 Å². The number of aromatic nitrogens is 1. The molecule has 1 heterocycles. The van der Waals surface area contributed by atoms with Crippen molar-refractivity contribution in [3.8, 4) is 11.5 Å². The number of fused-ring (bicyclic) bond motifs is 1. The minimum absolute atomic E-state index is 0.259. The lowest BCUT2D eigenvalue weighted by atomic mass is 9.93. The van der Waals surface area contributed by atoms with Crippen LogP contribution in [0, 0.1) is 5.92 Å². The maximum atomic E-state index is 12.7. The Hall–Kier alpha value is -1.60. The zero-order valence-electron chi connectivity index (χ0n) is 13.8.